The summed E-state index contributed by atoms with van der Waals surface area (Å²) in [5.41, 5.74) is 3.62. The molecular formula is C16H15ClN2S. The van der Waals surface area contributed by atoms with Gasteiger partial charge >= 0.3 is 0 Å². The molecular weight excluding hydrogens is 288 g/mol. The highest BCUT2D eigenvalue weighted by Gasteiger charge is 2.13. The molecule has 4 heteroatoms. The Balaban J connectivity index is 2.15. The third kappa shape index (κ3) is 2.32. The Hall–Kier alpha value is -1.45. The zero-order valence-corrected chi connectivity index (χ0v) is 13.2. The minimum atomic E-state index is 0.539. The first-order valence-electron chi connectivity index (χ1n) is 6.58. The summed E-state index contributed by atoms with van der Waals surface area (Å²) in [5.74, 6) is 1.25. The van der Waals surface area contributed by atoms with Crippen LogP contribution in [0.15, 0.2) is 29.6 Å². The maximum absolute atomic E-state index is 6.30. The van der Waals surface area contributed by atoms with E-state index in [1.54, 1.807) is 11.3 Å². The number of aryl methyl sites for hydroxylation is 1. The van der Waals surface area contributed by atoms with Gasteiger partial charge in [-0.2, -0.15) is 0 Å². The number of hydrogen-bond acceptors (Lipinski definition) is 3. The van der Waals surface area contributed by atoms with Gasteiger partial charge in [-0.25, -0.2) is 9.97 Å². The van der Waals surface area contributed by atoms with Crippen LogP contribution in [0.3, 0.4) is 0 Å². The molecule has 0 fully saturated rings. The molecule has 20 heavy (non-hydrogen) atoms. The van der Waals surface area contributed by atoms with Gasteiger partial charge in [-0.1, -0.05) is 49.7 Å². The molecule has 102 valence electrons. The van der Waals surface area contributed by atoms with Crippen LogP contribution >= 0.6 is 22.9 Å². The first kappa shape index (κ1) is 13.5. The predicted molar refractivity (Wildman–Crippen MR) is 86.7 cm³/mol. The molecule has 0 aliphatic rings. The molecule has 0 amide bonds. The maximum Gasteiger partial charge on any atom is 0.142 e. The number of hydrogen-bond donors (Lipinski definition) is 0. The number of fused-ring (bicyclic) bond motifs is 1. The first-order chi connectivity index (χ1) is 9.56. The summed E-state index contributed by atoms with van der Waals surface area (Å²) >= 11 is 7.91. The first-order valence-corrected chi connectivity index (χ1v) is 7.83. The molecule has 3 aromatic rings. The normalized spacial score (nSPS) is 11.4. The van der Waals surface area contributed by atoms with Crippen LogP contribution in [-0.2, 0) is 0 Å². The Morgan fingerprint density at radius 1 is 1.10 bits per heavy atom. The van der Waals surface area contributed by atoms with Crippen LogP contribution in [0, 0.1) is 6.92 Å². The zero-order valence-electron chi connectivity index (χ0n) is 11.6. The van der Waals surface area contributed by atoms with E-state index >= 15 is 0 Å². The number of rotatable bonds is 2. The van der Waals surface area contributed by atoms with Gasteiger partial charge in [0.2, 0.25) is 0 Å². The Morgan fingerprint density at radius 2 is 1.80 bits per heavy atom. The van der Waals surface area contributed by atoms with Crippen molar-refractivity contribution in [2.45, 2.75) is 26.7 Å². The molecule has 1 aromatic carbocycles. The standard InChI is InChI=1S/C16H15ClN2S/c1-9(2)11-4-6-12(7-5-11)13-8-20-16-14(13)15(17)18-10(3)19-16/h4-9H,1-3H3. The Morgan fingerprint density at radius 3 is 2.45 bits per heavy atom. The second kappa shape index (κ2) is 5.15. The topological polar surface area (TPSA) is 25.8 Å². The molecule has 0 saturated heterocycles. The van der Waals surface area contributed by atoms with Gasteiger partial charge in [0.05, 0.1) is 5.39 Å². The van der Waals surface area contributed by atoms with Crippen LogP contribution in [0.25, 0.3) is 21.3 Å². The highest BCUT2D eigenvalue weighted by Crippen LogP contribution is 2.36. The molecule has 3 rings (SSSR count). The number of nitrogens with zero attached hydrogens (tertiary/aromatic N) is 2. The van der Waals surface area contributed by atoms with E-state index in [4.69, 9.17) is 11.6 Å². The van der Waals surface area contributed by atoms with Gasteiger partial charge in [0.25, 0.3) is 0 Å². The van der Waals surface area contributed by atoms with Crippen molar-refractivity contribution >= 4 is 33.2 Å². The average molecular weight is 303 g/mol. The van der Waals surface area contributed by atoms with Crippen molar-refractivity contribution in [1.29, 1.82) is 0 Å². The maximum atomic E-state index is 6.30. The third-order valence-corrected chi connectivity index (χ3v) is 4.54. The lowest BCUT2D eigenvalue weighted by Crippen LogP contribution is -1.89. The van der Waals surface area contributed by atoms with Crippen LogP contribution in [-0.4, -0.2) is 9.97 Å². The van der Waals surface area contributed by atoms with Crippen molar-refractivity contribution in [3.8, 4) is 11.1 Å². The van der Waals surface area contributed by atoms with Gasteiger partial charge in [0, 0.05) is 10.9 Å². The molecule has 2 nitrogen and oxygen atoms in total. The SMILES string of the molecule is Cc1nc(Cl)c2c(-c3ccc(C(C)C)cc3)csc2n1. The summed E-state index contributed by atoms with van der Waals surface area (Å²) in [7, 11) is 0. The smallest absolute Gasteiger partial charge is 0.142 e. The molecule has 0 unspecified atom stereocenters. The number of halogens is 1. The Bertz CT molecular complexity index is 760. The Kier molecular flexibility index (Phi) is 3.48. The summed E-state index contributed by atoms with van der Waals surface area (Å²) in [6.45, 7) is 6.26. The zero-order chi connectivity index (χ0) is 14.3. The minimum absolute atomic E-state index is 0.539. The quantitative estimate of drug-likeness (QED) is 0.589. The fourth-order valence-corrected chi connectivity index (χ4v) is 3.62. The van der Waals surface area contributed by atoms with Gasteiger partial charge < -0.3 is 0 Å². The van der Waals surface area contributed by atoms with Crippen molar-refractivity contribution in [3.05, 3.63) is 46.2 Å². The summed E-state index contributed by atoms with van der Waals surface area (Å²) in [6, 6.07) is 8.64. The molecule has 0 saturated carbocycles. The summed E-state index contributed by atoms with van der Waals surface area (Å²) < 4.78 is 0. The molecule has 0 bridgehead atoms. The predicted octanol–water partition coefficient (Wildman–Crippen LogP) is 5.44. The van der Waals surface area contributed by atoms with E-state index in [0.29, 0.717) is 16.9 Å². The number of aromatic nitrogens is 2. The lowest BCUT2D eigenvalue weighted by Gasteiger charge is -2.07. The number of benzene rings is 1. The van der Waals surface area contributed by atoms with E-state index in [2.05, 4.69) is 53.5 Å². The second-order valence-electron chi connectivity index (χ2n) is 5.17. The molecule has 0 N–H and O–H groups in total. The average Bonchev–Trinajstić information content (AvgIpc) is 2.82. The van der Waals surface area contributed by atoms with Gasteiger partial charge in [0.15, 0.2) is 0 Å². The molecule has 0 aliphatic carbocycles. The van der Waals surface area contributed by atoms with Crippen LogP contribution in [0.4, 0.5) is 0 Å². The fraction of sp³-hybridized carbons (Fsp3) is 0.250. The van der Waals surface area contributed by atoms with Gasteiger partial charge in [-0.05, 0) is 24.0 Å². The van der Waals surface area contributed by atoms with E-state index in [1.807, 2.05) is 6.92 Å². The summed E-state index contributed by atoms with van der Waals surface area (Å²) in [6.07, 6.45) is 0. The highest BCUT2D eigenvalue weighted by molar-refractivity contribution is 7.17. The number of thiophene rings is 1. The fourth-order valence-electron chi connectivity index (χ4n) is 2.26. The minimum Gasteiger partial charge on any atom is -0.222 e. The molecule has 0 radical (unpaired) electrons. The largest absolute Gasteiger partial charge is 0.222 e. The third-order valence-electron chi connectivity index (χ3n) is 3.39. The van der Waals surface area contributed by atoms with E-state index in [-0.39, 0.29) is 0 Å². The van der Waals surface area contributed by atoms with Gasteiger partial charge in [-0.3, -0.25) is 0 Å². The second-order valence-corrected chi connectivity index (χ2v) is 6.38. The highest BCUT2D eigenvalue weighted by atomic mass is 35.5. The van der Waals surface area contributed by atoms with Crippen molar-refractivity contribution < 1.29 is 0 Å². The van der Waals surface area contributed by atoms with Crippen molar-refractivity contribution in [2.75, 3.05) is 0 Å². The summed E-state index contributed by atoms with van der Waals surface area (Å²) in [5, 5.41) is 3.60. The van der Waals surface area contributed by atoms with Crippen LogP contribution < -0.4 is 0 Å². The molecule has 0 aliphatic heterocycles. The van der Waals surface area contributed by atoms with Crippen molar-refractivity contribution in [3.63, 3.8) is 0 Å². The molecule has 2 heterocycles. The molecule has 0 spiro atoms. The lowest BCUT2D eigenvalue weighted by molar-refractivity contribution is 0.867. The lowest BCUT2D eigenvalue weighted by atomic mass is 9.99. The van der Waals surface area contributed by atoms with E-state index in [0.717, 1.165) is 21.3 Å². The van der Waals surface area contributed by atoms with Crippen LogP contribution in [0.1, 0.15) is 31.2 Å². The van der Waals surface area contributed by atoms with Crippen LogP contribution in [0.2, 0.25) is 5.15 Å². The van der Waals surface area contributed by atoms with E-state index < -0.39 is 0 Å². The monoisotopic (exact) mass is 302 g/mol. The van der Waals surface area contributed by atoms with E-state index in [9.17, 15) is 0 Å². The van der Waals surface area contributed by atoms with Crippen molar-refractivity contribution in [2.24, 2.45) is 0 Å². The van der Waals surface area contributed by atoms with Crippen LogP contribution in [0.5, 0.6) is 0 Å². The molecule has 0 atom stereocenters. The van der Waals surface area contributed by atoms with Crippen molar-refractivity contribution in [1.82, 2.24) is 9.97 Å². The molecule has 2 aromatic heterocycles. The van der Waals surface area contributed by atoms with Gasteiger partial charge in [-0.15, -0.1) is 11.3 Å². The van der Waals surface area contributed by atoms with E-state index in [1.165, 1.54) is 5.56 Å². The summed E-state index contributed by atoms with van der Waals surface area (Å²) in [4.78, 5) is 9.67. The van der Waals surface area contributed by atoms with Gasteiger partial charge in [0.1, 0.15) is 15.8 Å². The Labute approximate surface area is 127 Å².